The molecule has 1 N–H and O–H groups in total. The molecule has 0 unspecified atom stereocenters. The molecule has 0 heterocycles. The Hall–Kier alpha value is -1.76. The van der Waals surface area contributed by atoms with Crippen LogP contribution in [0.1, 0.15) is 51.5 Å². The average molecular weight is 295 g/mol. The molecular weight excluding hydrogens is 266 g/mol. The van der Waals surface area contributed by atoms with Crippen molar-refractivity contribution in [3.63, 3.8) is 0 Å². The molecule has 0 atom stereocenters. The summed E-state index contributed by atoms with van der Waals surface area (Å²) in [6, 6.07) is 19.2. The summed E-state index contributed by atoms with van der Waals surface area (Å²) in [4.78, 5) is 0. The first-order valence-corrected chi connectivity index (χ1v) is 8.65. The third kappa shape index (κ3) is 6.34. The summed E-state index contributed by atoms with van der Waals surface area (Å²) in [5.41, 5.74) is 3.75. The molecule has 0 spiro atoms. The minimum atomic E-state index is 0.852. The van der Waals surface area contributed by atoms with Crippen LogP contribution in [-0.2, 0) is 6.42 Å². The highest BCUT2D eigenvalue weighted by Crippen LogP contribution is 2.18. The predicted octanol–water partition coefficient (Wildman–Crippen LogP) is 6.58. The van der Waals surface area contributed by atoms with E-state index in [4.69, 9.17) is 0 Å². The Morgan fingerprint density at radius 1 is 0.727 bits per heavy atom. The second-order valence-electron chi connectivity index (χ2n) is 6.53. The van der Waals surface area contributed by atoms with E-state index >= 15 is 0 Å². The first-order valence-electron chi connectivity index (χ1n) is 8.65. The van der Waals surface area contributed by atoms with Gasteiger partial charge in [-0.25, -0.2) is 0 Å². The maximum atomic E-state index is 3.43. The van der Waals surface area contributed by atoms with Crippen molar-refractivity contribution < 1.29 is 0 Å². The van der Waals surface area contributed by atoms with Crippen molar-refractivity contribution >= 4 is 11.4 Å². The van der Waals surface area contributed by atoms with Crippen molar-refractivity contribution in [1.82, 2.24) is 0 Å². The number of hydrogen-bond acceptors (Lipinski definition) is 1. The second-order valence-corrected chi connectivity index (χ2v) is 6.53. The summed E-state index contributed by atoms with van der Waals surface area (Å²) in [6.07, 6.45) is 8.01. The molecule has 0 aromatic heterocycles. The van der Waals surface area contributed by atoms with Gasteiger partial charge in [0.1, 0.15) is 0 Å². The zero-order valence-corrected chi connectivity index (χ0v) is 14.0. The lowest BCUT2D eigenvalue weighted by atomic mass is 10.0. The van der Waals surface area contributed by atoms with E-state index in [1.165, 1.54) is 44.1 Å². The number of unbranched alkanes of at least 4 members (excludes halogenated alkanes) is 3. The highest BCUT2D eigenvalue weighted by atomic mass is 14.9. The van der Waals surface area contributed by atoms with E-state index in [9.17, 15) is 0 Å². The van der Waals surface area contributed by atoms with E-state index in [1.54, 1.807) is 0 Å². The Labute approximate surface area is 135 Å². The number of anilines is 2. The van der Waals surface area contributed by atoms with Gasteiger partial charge in [0.15, 0.2) is 0 Å². The highest BCUT2D eigenvalue weighted by molar-refractivity contribution is 5.59. The molecule has 2 aromatic rings. The fourth-order valence-electron chi connectivity index (χ4n) is 2.68. The minimum Gasteiger partial charge on any atom is -0.356 e. The van der Waals surface area contributed by atoms with Gasteiger partial charge in [0, 0.05) is 11.4 Å². The molecular formula is C21H29N. The summed E-state index contributed by atoms with van der Waals surface area (Å²) in [5.74, 6) is 0.852. The maximum absolute atomic E-state index is 3.43. The lowest BCUT2D eigenvalue weighted by Crippen LogP contribution is -1.91. The second kappa shape index (κ2) is 9.30. The van der Waals surface area contributed by atoms with Crippen molar-refractivity contribution in [2.75, 3.05) is 5.32 Å². The molecule has 0 saturated heterocycles. The van der Waals surface area contributed by atoms with E-state index in [0.29, 0.717) is 0 Å². The lowest BCUT2D eigenvalue weighted by molar-refractivity contribution is 0.520. The summed E-state index contributed by atoms with van der Waals surface area (Å²) in [6.45, 7) is 4.62. The molecule has 2 rings (SSSR count). The molecule has 0 bridgehead atoms. The van der Waals surface area contributed by atoms with Gasteiger partial charge in [0.2, 0.25) is 0 Å². The third-order valence-corrected chi connectivity index (χ3v) is 4.01. The van der Waals surface area contributed by atoms with Gasteiger partial charge >= 0.3 is 0 Å². The monoisotopic (exact) mass is 295 g/mol. The predicted molar refractivity (Wildman–Crippen MR) is 97.8 cm³/mol. The zero-order chi connectivity index (χ0) is 15.6. The van der Waals surface area contributed by atoms with Crippen LogP contribution in [0.3, 0.4) is 0 Å². The standard InChI is InChI=1S/C21H29N/c1-18(2)10-6-3-4-7-11-19-14-16-21(17-15-19)22-20-12-8-5-9-13-20/h5,8-9,12-18,22H,3-4,6-7,10-11H2,1-2H3. The molecule has 22 heavy (non-hydrogen) atoms. The summed E-state index contributed by atoms with van der Waals surface area (Å²) >= 11 is 0. The van der Waals surface area contributed by atoms with Crippen LogP contribution in [0.25, 0.3) is 0 Å². The molecule has 0 aliphatic rings. The van der Waals surface area contributed by atoms with Crippen LogP contribution in [0.2, 0.25) is 0 Å². The van der Waals surface area contributed by atoms with Crippen LogP contribution in [0, 0.1) is 5.92 Å². The van der Waals surface area contributed by atoms with E-state index < -0.39 is 0 Å². The number of hydrogen-bond donors (Lipinski definition) is 1. The summed E-state index contributed by atoms with van der Waals surface area (Å²) in [5, 5.41) is 3.43. The first-order chi connectivity index (χ1) is 10.7. The Morgan fingerprint density at radius 2 is 1.36 bits per heavy atom. The van der Waals surface area contributed by atoms with Crippen molar-refractivity contribution in [3.8, 4) is 0 Å². The molecule has 0 aliphatic carbocycles. The van der Waals surface area contributed by atoms with Gasteiger partial charge < -0.3 is 5.32 Å². The lowest BCUT2D eigenvalue weighted by Gasteiger charge is -2.08. The van der Waals surface area contributed by atoms with Gasteiger partial charge in [-0.15, -0.1) is 0 Å². The Balaban J connectivity index is 1.68. The SMILES string of the molecule is CC(C)CCCCCCc1ccc(Nc2ccccc2)cc1. The van der Waals surface area contributed by atoms with E-state index in [1.807, 2.05) is 6.07 Å². The zero-order valence-electron chi connectivity index (χ0n) is 14.0. The van der Waals surface area contributed by atoms with Crippen LogP contribution >= 0.6 is 0 Å². The quantitative estimate of drug-likeness (QED) is 0.515. The molecule has 0 saturated carbocycles. The minimum absolute atomic E-state index is 0.852. The van der Waals surface area contributed by atoms with Gasteiger partial charge in [-0.3, -0.25) is 0 Å². The van der Waals surface area contributed by atoms with Gasteiger partial charge in [0.25, 0.3) is 0 Å². The van der Waals surface area contributed by atoms with E-state index in [2.05, 4.69) is 67.7 Å². The third-order valence-electron chi connectivity index (χ3n) is 4.01. The Bertz CT molecular complexity index is 513. The normalized spacial score (nSPS) is 10.9. The number of para-hydroxylation sites is 1. The average Bonchev–Trinajstić information content (AvgIpc) is 2.53. The van der Waals surface area contributed by atoms with Crippen LogP contribution in [0.5, 0.6) is 0 Å². The molecule has 1 nitrogen and oxygen atoms in total. The summed E-state index contributed by atoms with van der Waals surface area (Å²) in [7, 11) is 0. The van der Waals surface area contributed by atoms with Crippen molar-refractivity contribution in [1.29, 1.82) is 0 Å². The fourth-order valence-corrected chi connectivity index (χ4v) is 2.68. The molecule has 1 heteroatoms. The molecule has 0 amide bonds. The van der Waals surface area contributed by atoms with Gasteiger partial charge in [-0.2, -0.15) is 0 Å². The molecule has 0 aliphatic heterocycles. The first kappa shape index (κ1) is 16.6. The molecule has 118 valence electrons. The molecule has 0 fully saturated rings. The molecule has 0 radical (unpaired) electrons. The number of nitrogens with one attached hydrogen (secondary N) is 1. The van der Waals surface area contributed by atoms with E-state index in [0.717, 1.165) is 17.3 Å². The topological polar surface area (TPSA) is 12.0 Å². The van der Waals surface area contributed by atoms with Crippen molar-refractivity contribution in [2.45, 2.75) is 52.4 Å². The van der Waals surface area contributed by atoms with E-state index in [-0.39, 0.29) is 0 Å². The van der Waals surface area contributed by atoms with Crippen molar-refractivity contribution in [2.24, 2.45) is 5.92 Å². The number of aryl methyl sites for hydroxylation is 1. The van der Waals surface area contributed by atoms with Crippen molar-refractivity contribution in [3.05, 3.63) is 60.2 Å². The maximum Gasteiger partial charge on any atom is 0.0384 e. The van der Waals surface area contributed by atoms with Crippen LogP contribution in [-0.4, -0.2) is 0 Å². The smallest absolute Gasteiger partial charge is 0.0384 e. The Kier molecular flexibility index (Phi) is 7.02. The Morgan fingerprint density at radius 3 is 2.05 bits per heavy atom. The largest absolute Gasteiger partial charge is 0.356 e. The van der Waals surface area contributed by atoms with Gasteiger partial charge in [-0.05, 0) is 48.6 Å². The van der Waals surface area contributed by atoms with Gasteiger partial charge in [0.05, 0.1) is 0 Å². The highest BCUT2D eigenvalue weighted by Gasteiger charge is 1.98. The van der Waals surface area contributed by atoms with Crippen LogP contribution < -0.4 is 5.32 Å². The molecule has 2 aromatic carbocycles. The van der Waals surface area contributed by atoms with Gasteiger partial charge in [-0.1, -0.05) is 69.9 Å². The van der Waals surface area contributed by atoms with Crippen LogP contribution in [0.4, 0.5) is 11.4 Å². The number of benzene rings is 2. The van der Waals surface area contributed by atoms with Crippen LogP contribution in [0.15, 0.2) is 54.6 Å². The summed E-state index contributed by atoms with van der Waals surface area (Å²) < 4.78 is 0. The fraction of sp³-hybridized carbons (Fsp3) is 0.429. The number of rotatable bonds is 9.